The van der Waals surface area contributed by atoms with Gasteiger partial charge in [-0.3, -0.25) is 4.79 Å². The van der Waals surface area contributed by atoms with Crippen LogP contribution in [0.4, 0.5) is 10.5 Å². The van der Waals surface area contributed by atoms with E-state index >= 15 is 0 Å². The molecule has 0 unspecified atom stereocenters. The Labute approximate surface area is 155 Å². The van der Waals surface area contributed by atoms with Crippen molar-refractivity contribution in [1.82, 2.24) is 15.2 Å². The van der Waals surface area contributed by atoms with Crippen LogP contribution >= 0.6 is 0 Å². The number of aryl methyl sites for hydroxylation is 1. The van der Waals surface area contributed by atoms with Crippen LogP contribution in [0.15, 0.2) is 35.1 Å². The molecule has 1 N–H and O–H groups in total. The standard InChI is InChI=1S/C18H20N4O5/c1-3-26-17(24)13-6-4-7-14(10-13)19-18(25)22-9-5-8-21(22)16(23)15-11-27-20-12(15)2/h4,6-7,10-11H,3,5,8-9H2,1-2H3,(H,19,25). The monoisotopic (exact) mass is 372 g/mol. The Morgan fingerprint density at radius 3 is 2.74 bits per heavy atom. The fourth-order valence-corrected chi connectivity index (χ4v) is 2.80. The number of nitrogens with zero attached hydrogens (tertiary/aromatic N) is 3. The summed E-state index contributed by atoms with van der Waals surface area (Å²) in [5.74, 6) is -0.809. The predicted molar refractivity (Wildman–Crippen MR) is 95.0 cm³/mol. The van der Waals surface area contributed by atoms with Gasteiger partial charge in [0.1, 0.15) is 11.8 Å². The Morgan fingerprint density at radius 1 is 1.26 bits per heavy atom. The van der Waals surface area contributed by atoms with Gasteiger partial charge in [-0.1, -0.05) is 11.2 Å². The number of anilines is 1. The normalized spacial score (nSPS) is 13.6. The minimum absolute atomic E-state index is 0.266. The summed E-state index contributed by atoms with van der Waals surface area (Å²) in [6.07, 6.45) is 1.93. The zero-order chi connectivity index (χ0) is 19.4. The number of carbonyl (C=O) groups is 3. The van der Waals surface area contributed by atoms with Crippen LogP contribution in [0.5, 0.6) is 0 Å². The summed E-state index contributed by atoms with van der Waals surface area (Å²) in [5, 5.41) is 9.12. The van der Waals surface area contributed by atoms with Gasteiger partial charge in [-0.25, -0.2) is 19.6 Å². The molecular weight excluding hydrogens is 352 g/mol. The van der Waals surface area contributed by atoms with Gasteiger partial charge in [-0.15, -0.1) is 0 Å². The second kappa shape index (κ2) is 7.90. The fraction of sp³-hybridized carbons (Fsp3) is 0.333. The molecule has 27 heavy (non-hydrogen) atoms. The molecule has 1 aliphatic rings. The third kappa shape index (κ3) is 3.91. The lowest BCUT2D eigenvalue weighted by Gasteiger charge is -2.27. The highest BCUT2D eigenvalue weighted by atomic mass is 16.5. The average molecular weight is 372 g/mol. The molecule has 142 valence electrons. The van der Waals surface area contributed by atoms with Gasteiger partial charge in [0.15, 0.2) is 0 Å². The average Bonchev–Trinajstić information content (AvgIpc) is 3.30. The van der Waals surface area contributed by atoms with Crippen LogP contribution in [-0.4, -0.2) is 52.8 Å². The van der Waals surface area contributed by atoms with E-state index in [0.29, 0.717) is 42.0 Å². The highest BCUT2D eigenvalue weighted by Crippen LogP contribution is 2.19. The number of hydrogen-bond acceptors (Lipinski definition) is 6. The number of hydrazine groups is 1. The second-order valence-electron chi connectivity index (χ2n) is 5.95. The number of amides is 3. The fourth-order valence-electron chi connectivity index (χ4n) is 2.80. The smallest absolute Gasteiger partial charge is 0.340 e. The zero-order valence-electron chi connectivity index (χ0n) is 15.1. The molecule has 1 aromatic heterocycles. The number of carbonyl (C=O) groups excluding carboxylic acids is 3. The van der Waals surface area contributed by atoms with E-state index in [9.17, 15) is 14.4 Å². The van der Waals surface area contributed by atoms with E-state index in [0.717, 1.165) is 0 Å². The maximum Gasteiger partial charge on any atom is 0.340 e. The van der Waals surface area contributed by atoms with Crippen LogP contribution in [0.3, 0.4) is 0 Å². The molecular formula is C18H20N4O5. The summed E-state index contributed by atoms with van der Waals surface area (Å²) < 4.78 is 9.77. The predicted octanol–water partition coefficient (Wildman–Crippen LogP) is 2.45. The number of benzene rings is 1. The summed E-state index contributed by atoms with van der Waals surface area (Å²) in [5.41, 5.74) is 1.56. The van der Waals surface area contributed by atoms with Crippen LogP contribution in [0.25, 0.3) is 0 Å². The minimum Gasteiger partial charge on any atom is -0.462 e. The van der Waals surface area contributed by atoms with Gasteiger partial charge in [-0.2, -0.15) is 0 Å². The molecule has 2 heterocycles. The SMILES string of the molecule is CCOC(=O)c1cccc(NC(=O)N2CCCN2C(=O)c2conc2C)c1. The number of ether oxygens (including phenoxy) is 1. The Hall–Kier alpha value is -3.36. The van der Waals surface area contributed by atoms with Crippen molar-refractivity contribution in [1.29, 1.82) is 0 Å². The summed E-state index contributed by atoms with van der Waals surface area (Å²) >= 11 is 0. The Kier molecular flexibility index (Phi) is 5.39. The lowest BCUT2D eigenvalue weighted by atomic mass is 10.2. The maximum absolute atomic E-state index is 12.7. The van der Waals surface area contributed by atoms with Gasteiger partial charge in [0, 0.05) is 18.8 Å². The highest BCUT2D eigenvalue weighted by Gasteiger charge is 2.33. The first-order valence-corrected chi connectivity index (χ1v) is 8.59. The quantitative estimate of drug-likeness (QED) is 0.827. The topological polar surface area (TPSA) is 105 Å². The number of nitrogens with one attached hydrogen (secondary N) is 1. The molecule has 2 aromatic rings. The van der Waals surface area contributed by atoms with Gasteiger partial charge in [0.05, 0.1) is 17.9 Å². The van der Waals surface area contributed by atoms with Crippen molar-refractivity contribution < 1.29 is 23.6 Å². The molecule has 0 aliphatic carbocycles. The zero-order valence-corrected chi connectivity index (χ0v) is 15.1. The summed E-state index contributed by atoms with van der Waals surface area (Å²) in [4.78, 5) is 37.1. The summed E-state index contributed by atoms with van der Waals surface area (Å²) in [6.45, 7) is 4.47. The van der Waals surface area contributed by atoms with Gasteiger partial charge >= 0.3 is 12.0 Å². The Bertz CT molecular complexity index is 863. The molecule has 9 heteroatoms. The molecule has 0 radical (unpaired) electrons. The van der Waals surface area contributed by atoms with Gasteiger partial charge in [0.25, 0.3) is 5.91 Å². The lowest BCUT2D eigenvalue weighted by Crippen LogP contribution is -2.46. The summed E-state index contributed by atoms with van der Waals surface area (Å²) in [6, 6.07) is 5.98. The first-order valence-electron chi connectivity index (χ1n) is 8.59. The Balaban J connectivity index is 1.72. The van der Waals surface area contributed by atoms with Crippen LogP contribution < -0.4 is 5.32 Å². The molecule has 9 nitrogen and oxygen atoms in total. The van der Waals surface area contributed by atoms with E-state index < -0.39 is 12.0 Å². The molecule has 1 aromatic carbocycles. The summed E-state index contributed by atoms with van der Waals surface area (Å²) in [7, 11) is 0. The molecule has 1 saturated heterocycles. The van der Waals surface area contributed by atoms with Crippen molar-refractivity contribution >= 4 is 23.6 Å². The molecule has 0 spiro atoms. The van der Waals surface area contributed by atoms with Gasteiger partial charge < -0.3 is 14.6 Å². The number of hydrogen-bond donors (Lipinski definition) is 1. The van der Waals surface area contributed by atoms with Crippen molar-refractivity contribution in [2.45, 2.75) is 20.3 Å². The van der Waals surface area contributed by atoms with E-state index in [1.54, 1.807) is 32.0 Å². The largest absolute Gasteiger partial charge is 0.462 e. The van der Waals surface area contributed by atoms with Crippen molar-refractivity contribution in [3.63, 3.8) is 0 Å². The molecule has 1 aliphatic heterocycles. The van der Waals surface area contributed by atoms with Crippen LogP contribution in [0, 0.1) is 6.92 Å². The molecule has 3 amide bonds. The molecule has 3 rings (SSSR count). The number of aromatic nitrogens is 1. The highest BCUT2D eigenvalue weighted by molar-refractivity contribution is 5.98. The molecule has 0 atom stereocenters. The van der Waals surface area contributed by atoms with Gasteiger partial charge in [-0.05, 0) is 38.5 Å². The van der Waals surface area contributed by atoms with Gasteiger partial charge in [0.2, 0.25) is 0 Å². The molecule has 0 bridgehead atoms. The third-order valence-electron chi connectivity index (χ3n) is 4.11. The van der Waals surface area contributed by atoms with E-state index in [4.69, 9.17) is 9.26 Å². The van der Waals surface area contributed by atoms with E-state index in [1.165, 1.54) is 22.3 Å². The van der Waals surface area contributed by atoms with Crippen LogP contribution in [0.1, 0.15) is 39.8 Å². The number of esters is 1. The Morgan fingerprint density at radius 2 is 2.04 bits per heavy atom. The number of urea groups is 1. The van der Waals surface area contributed by atoms with Crippen LogP contribution in [0.2, 0.25) is 0 Å². The minimum atomic E-state index is -0.463. The third-order valence-corrected chi connectivity index (χ3v) is 4.11. The van der Waals surface area contributed by atoms with E-state index in [-0.39, 0.29) is 12.5 Å². The first kappa shape index (κ1) is 18.4. The maximum atomic E-state index is 12.7. The van der Waals surface area contributed by atoms with Crippen molar-refractivity contribution in [2.75, 3.05) is 25.0 Å². The van der Waals surface area contributed by atoms with E-state index in [2.05, 4.69) is 10.5 Å². The van der Waals surface area contributed by atoms with E-state index in [1.807, 2.05) is 0 Å². The second-order valence-corrected chi connectivity index (χ2v) is 5.95. The van der Waals surface area contributed by atoms with Crippen molar-refractivity contribution in [2.24, 2.45) is 0 Å². The van der Waals surface area contributed by atoms with Crippen molar-refractivity contribution in [3.05, 3.63) is 47.3 Å². The molecule has 0 saturated carbocycles. The first-order chi connectivity index (χ1) is 13.0. The molecule has 1 fully saturated rings. The number of rotatable bonds is 4. The van der Waals surface area contributed by atoms with Crippen molar-refractivity contribution in [3.8, 4) is 0 Å². The lowest BCUT2D eigenvalue weighted by molar-refractivity contribution is 0.0403. The van der Waals surface area contributed by atoms with Crippen LogP contribution in [-0.2, 0) is 4.74 Å².